The standard InChI is InChI=1S/C12H26N2O/c1-10(2)11(3)12(15)14(4)9-7-5-6-8-13/h10-11H,5-9,13H2,1-4H3. The van der Waals surface area contributed by atoms with Crippen LogP contribution in [0.4, 0.5) is 0 Å². The zero-order chi connectivity index (χ0) is 11.8. The minimum absolute atomic E-state index is 0.129. The van der Waals surface area contributed by atoms with E-state index in [1.165, 1.54) is 0 Å². The maximum Gasteiger partial charge on any atom is 0.225 e. The fourth-order valence-electron chi connectivity index (χ4n) is 1.41. The Kier molecular flexibility index (Phi) is 7.39. The fourth-order valence-corrected chi connectivity index (χ4v) is 1.41. The van der Waals surface area contributed by atoms with E-state index in [4.69, 9.17) is 5.73 Å². The van der Waals surface area contributed by atoms with Crippen LogP contribution in [0.2, 0.25) is 0 Å². The summed E-state index contributed by atoms with van der Waals surface area (Å²) >= 11 is 0. The molecule has 90 valence electrons. The summed E-state index contributed by atoms with van der Waals surface area (Å²) in [5, 5.41) is 0. The second kappa shape index (κ2) is 7.69. The highest BCUT2D eigenvalue weighted by Gasteiger charge is 2.19. The molecule has 1 unspecified atom stereocenters. The van der Waals surface area contributed by atoms with Gasteiger partial charge in [-0.2, -0.15) is 0 Å². The van der Waals surface area contributed by atoms with Gasteiger partial charge in [-0.3, -0.25) is 4.79 Å². The van der Waals surface area contributed by atoms with Gasteiger partial charge in [-0.25, -0.2) is 0 Å². The quantitative estimate of drug-likeness (QED) is 0.658. The van der Waals surface area contributed by atoms with Crippen LogP contribution >= 0.6 is 0 Å². The molecule has 0 saturated carbocycles. The highest BCUT2D eigenvalue weighted by atomic mass is 16.2. The monoisotopic (exact) mass is 214 g/mol. The molecule has 3 heteroatoms. The number of nitrogens with zero attached hydrogens (tertiary/aromatic N) is 1. The molecule has 2 N–H and O–H groups in total. The zero-order valence-corrected chi connectivity index (χ0v) is 10.6. The Balaban J connectivity index is 3.78. The molecule has 0 saturated heterocycles. The molecule has 1 amide bonds. The maximum atomic E-state index is 11.8. The second-order valence-corrected chi connectivity index (χ2v) is 4.64. The molecule has 15 heavy (non-hydrogen) atoms. The van der Waals surface area contributed by atoms with Crippen molar-refractivity contribution < 1.29 is 4.79 Å². The maximum absolute atomic E-state index is 11.8. The topological polar surface area (TPSA) is 46.3 Å². The predicted molar refractivity (Wildman–Crippen MR) is 64.5 cm³/mol. The van der Waals surface area contributed by atoms with E-state index in [2.05, 4.69) is 13.8 Å². The number of carbonyl (C=O) groups excluding carboxylic acids is 1. The summed E-state index contributed by atoms with van der Waals surface area (Å²) in [5.74, 6) is 0.811. The number of rotatable bonds is 7. The molecule has 0 aliphatic carbocycles. The lowest BCUT2D eigenvalue weighted by molar-refractivity contribution is -0.135. The van der Waals surface area contributed by atoms with Crippen molar-refractivity contribution in [3.8, 4) is 0 Å². The molecule has 0 aromatic carbocycles. The van der Waals surface area contributed by atoms with E-state index in [0.717, 1.165) is 32.4 Å². The Hall–Kier alpha value is -0.570. The lowest BCUT2D eigenvalue weighted by Crippen LogP contribution is -2.34. The molecule has 0 heterocycles. The van der Waals surface area contributed by atoms with Crippen molar-refractivity contribution in [1.29, 1.82) is 0 Å². The molecule has 0 radical (unpaired) electrons. The van der Waals surface area contributed by atoms with Crippen LogP contribution in [-0.4, -0.2) is 30.9 Å². The number of carbonyl (C=O) groups is 1. The number of nitrogens with two attached hydrogens (primary N) is 1. The molecule has 0 bridgehead atoms. The van der Waals surface area contributed by atoms with Crippen molar-refractivity contribution in [3.63, 3.8) is 0 Å². The molecule has 0 fully saturated rings. The lowest BCUT2D eigenvalue weighted by atomic mass is 9.97. The average Bonchev–Trinajstić information content (AvgIpc) is 2.21. The van der Waals surface area contributed by atoms with Gasteiger partial charge in [0.25, 0.3) is 0 Å². The summed E-state index contributed by atoms with van der Waals surface area (Å²) in [6.45, 7) is 7.79. The van der Waals surface area contributed by atoms with Crippen molar-refractivity contribution in [2.45, 2.75) is 40.0 Å². The largest absolute Gasteiger partial charge is 0.346 e. The van der Waals surface area contributed by atoms with Gasteiger partial charge in [-0.05, 0) is 25.3 Å². The van der Waals surface area contributed by atoms with Gasteiger partial charge in [-0.15, -0.1) is 0 Å². The second-order valence-electron chi connectivity index (χ2n) is 4.64. The first-order valence-electron chi connectivity index (χ1n) is 5.95. The van der Waals surface area contributed by atoms with Crippen LogP contribution in [0.1, 0.15) is 40.0 Å². The number of amides is 1. The lowest BCUT2D eigenvalue weighted by Gasteiger charge is -2.23. The summed E-state index contributed by atoms with van der Waals surface area (Å²) < 4.78 is 0. The Labute approximate surface area is 94.0 Å². The van der Waals surface area contributed by atoms with E-state index in [0.29, 0.717) is 5.92 Å². The van der Waals surface area contributed by atoms with Crippen LogP contribution in [0.15, 0.2) is 0 Å². The first kappa shape index (κ1) is 14.4. The molecule has 3 nitrogen and oxygen atoms in total. The Morgan fingerprint density at radius 1 is 1.20 bits per heavy atom. The SMILES string of the molecule is CC(C)C(C)C(=O)N(C)CCCCCN. The van der Waals surface area contributed by atoms with Gasteiger partial charge in [-0.1, -0.05) is 27.2 Å². The van der Waals surface area contributed by atoms with Crippen LogP contribution in [0, 0.1) is 11.8 Å². The minimum atomic E-state index is 0.129. The molecule has 0 aromatic rings. The third kappa shape index (κ3) is 5.78. The first-order chi connectivity index (χ1) is 7.00. The van der Waals surface area contributed by atoms with Crippen molar-refractivity contribution in [2.24, 2.45) is 17.6 Å². The summed E-state index contributed by atoms with van der Waals surface area (Å²) in [7, 11) is 1.89. The van der Waals surface area contributed by atoms with Crippen LogP contribution in [0.25, 0.3) is 0 Å². The van der Waals surface area contributed by atoms with Crippen molar-refractivity contribution in [1.82, 2.24) is 4.90 Å². The summed E-state index contributed by atoms with van der Waals surface area (Å²) in [6, 6.07) is 0. The van der Waals surface area contributed by atoms with E-state index in [-0.39, 0.29) is 11.8 Å². The molecule has 0 rings (SSSR count). The van der Waals surface area contributed by atoms with Crippen molar-refractivity contribution in [3.05, 3.63) is 0 Å². The van der Waals surface area contributed by atoms with Crippen molar-refractivity contribution in [2.75, 3.05) is 20.1 Å². The van der Waals surface area contributed by atoms with Gasteiger partial charge in [0.1, 0.15) is 0 Å². The Morgan fingerprint density at radius 3 is 2.27 bits per heavy atom. The molecule has 0 aliphatic rings. The van der Waals surface area contributed by atoms with Gasteiger partial charge in [0.15, 0.2) is 0 Å². The zero-order valence-electron chi connectivity index (χ0n) is 10.6. The fraction of sp³-hybridized carbons (Fsp3) is 0.917. The minimum Gasteiger partial charge on any atom is -0.346 e. The molecule has 0 aromatic heterocycles. The summed E-state index contributed by atoms with van der Waals surface area (Å²) in [5.41, 5.74) is 5.41. The average molecular weight is 214 g/mol. The number of hydrogen-bond acceptors (Lipinski definition) is 2. The molecule has 0 spiro atoms. The molecule has 0 aliphatic heterocycles. The van der Waals surface area contributed by atoms with Crippen LogP contribution < -0.4 is 5.73 Å². The molecular weight excluding hydrogens is 188 g/mol. The highest BCUT2D eigenvalue weighted by molar-refractivity contribution is 5.78. The van der Waals surface area contributed by atoms with Gasteiger partial charge in [0, 0.05) is 19.5 Å². The predicted octanol–water partition coefficient (Wildman–Crippen LogP) is 1.87. The van der Waals surface area contributed by atoms with Gasteiger partial charge in [0.05, 0.1) is 0 Å². The van der Waals surface area contributed by atoms with Crippen LogP contribution in [0.3, 0.4) is 0 Å². The smallest absolute Gasteiger partial charge is 0.225 e. The third-order valence-corrected chi connectivity index (χ3v) is 2.96. The van der Waals surface area contributed by atoms with Gasteiger partial charge in [0.2, 0.25) is 5.91 Å². The molecule has 1 atom stereocenters. The van der Waals surface area contributed by atoms with E-state index in [9.17, 15) is 4.79 Å². The van der Waals surface area contributed by atoms with Crippen LogP contribution in [0.5, 0.6) is 0 Å². The number of unbranched alkanes of at least 4 members (excludes halogenated alkanes) is 2. The van der Waals surface area contributed by atoms with Crippen LogP contribution in [-0.2, 0) is 4.79 Å². The Bertz CT molecular complexity index is 180. The molecular formula is C12H26N2O. The van der Waals surface area contributed by atoms with Crippen molar-refractivity contribution >= 4 is 5.91 Å². The summed E-state index contributed by atoms with van der Waals surface area (Å²) in [6.07, 6.45) is 3.23. The first-order valence-corrected chi connectivity index (χ1v) is 5.95. The normalized spacial score (nSPS) is 12.9. The van der Waals surface area contributed by atoms with E-state index < -0.39 is 0 Å². The van der Waals surface area contributed by atoms with E-state index in [1.807, 2.05) is 18.9 Å². The summed E-state index contributed by atoms with van der Waals surface area (Å²) in [4.78, 5) is 13.7. The number of hydrogen-bond donors (Lipinski definition) is 1. The third-order valence-electron chi connectivity index (χ3n) is 2.96. The Morgan fingerprint density at radius 2 is 1.80 bits per heavy atom. The van der Waals surface area contributed by atoms with E-state index >= 15 is 0 Å². The van der Waals surface area contributed by atoms with Gasteiger partial charge < -0.3 is 10.6 Å². The highest BCUT2D eigenvalue weighted by Crippen LogP contribution is 2.12. The van der Waals surface area contributed by atoms with E-state index in [1.54, 1.807) is 0 Å². The van der Waals surface area contributed by atoms with Gasteiger partial charge >= 0.3 is 0 Å².